The summed E-state index contributed by atoms with van der Waals surface area (Å²) in [6.07, 6.45) is 1.04. The van der Waals surface area contributed by atoms with E-state index < -0.39 is 0 Å². The summed E-state index contributed by atoms with van der Waals surface area (Å²) in [5, 5.41) is 4.28. The van der Waals surface area contributed by atoms with Crippen molar-refractivity contribution in [3.63, 3.8) is 0 Å². The van der Waals surface area contributed by atoms with Gasteiger partial charge in [-0.25, -0.2) is 4.68 Å². The Hall–Kier alpha value is -2.04. The quantitative estimate of drug-likeness (QED) is 0.896. The first-order valence-corrected chi connectivity index (χ1v) is 6.52. The molecular weight excluding hydrogens is 240 g/mol. The van der Waals surface area contributed by atoms with Crippen molar-refractivity contribution in [3.8, 4) is 5.75 Å². The summed E-state index contributed by atoms with van der Waals surface area (Å²) >= 11 is 0. The lowest BCUT2D eigenvalue weighted by Crippen LogP contribution is -2.22. The van der Waals surface area contributed by atoms with Crippen molar-refractivity contribution in [1.29, 1.82) is 0 Å². The van der Waals surface area contributed by atoms with Crippen LogP contribution in [0.2, 0.25) is 0 Å². The van der Waals surface area contributed by atoms with E-state index in [9.17, 15) is 0 Å². The highest BCUT2D eigenvalue weighted by molar-refractivity contribution is 5.37. The predicted octanol–water partition coefficient (Wildman–Crippen LogP) is 2.16. The van der Waals surface area contributed by atoms with Gasteiger partial charge in [-0.1, -0.05) is 25.1 Å². The Morgan fingerprint density at radius 1 is 1.37 bits per heavy atom. The number of fused-ring (bicyclic) bond motifs is 1. The maximum Gasteiger partial charge on any atom is 0.239 e. The number of aromatic nitrogens is 3. The topological polar surface area (TPSA) is 66.0 Å². The maximum atomic E-state index is 5.69. The summed E-state index contributed by atoms with van der Waals surface area (Å²) in [6.45, 7) is 2.98. The Balaban J connectivity index is 1.96. The van der Waals surface area contributed by atoms with Crippen LogP contribution in [0.3, 0.4) is 0 Å². The largest absolute Gasteiger partial charge is 0.496 e. The molecule has 100 valence electrons. The molecule has 0 aliphatic carbocycles. The van der Waals surface area contributed by atoms with Crippen LogP contribution in [-0.2, 0) is 6.54 Å². The van der Waals surface area contributed by atoms with Crippen LogP contribution < -0.4 is 10.5 Å². The first kappa shape index (κ1) is 12.0. The molecule has 0 spiro atoms. The average Bonchev–Trinajstić information content (AvgIpc) is 2.79. The predicted molar refractivity (Wildman–Crippen MR) is 73.2 cm³/mol. The lowest BCUT2D eigenvalue weighted by Gasteiger charge is -2.28. The summed E-state index contributed by atoms with van der Waals surface area (Å²) in [4.78, 5) is 4.30. The van der Waals surface area contributed by atoms with Gasteiger partial charge in [-0.15, -0.1) is 5.10 Å². The molecule has 2 heterocycles. The number of ether oxygens (including phenoxy) is 1. The molecule has 0 amide bonds. The minimum Gasteiger partial charge on any atom is -0.496 e. The van der Waals surface area contributed by atoms with Crippen LogP contribution >= 0.6 is 0 Å². The molecule has 0 fully saturated rings. The molecule has 0 radical (unpaired) electrons. The van der Waals surface area contributed by atoms with Crippen LogP contribution in [0.4, 0.5) is 5.95 Å². The molecule has 2 aromatic rings. The molecule has 0 saturated heterocycles. The third kappa shape index (κ3) is 2.05. The van der Waals surface area contributed by atoms with Gasteiger partial charge in [-0.05, 0) is 18.1 Å². The van der Waals surface area contributed by atoms with E-state index >= 15 is 0 Å². The second-order valence-corrected chi connectivity index (χ2v) is 5.09. The highest BCUT2D eigenvalue weighted by Gasteiger charge is 2.29. The Morgan fingerprint density at radius 3 is 2.95 bits per heavy atom. The highest BCUT2D eigenvalue weighted by Crippen LogP contribution is 2.38. The van der Waals surface area contributed by atoms with Crippen LogP contribution in [0.15, 0.2) is 24.3 Å². The van der Waals surface area contributed by atoms with E-state index in [2.05, 4.69) is 23.1 Å². The van der Waals surface area contributed by atoms with E-state index in [4.69, 9.17) is 10.5 Å². The van der Waals surface area contributed by atoms with Crippen molar-refractivity contribution in [2.24, 2.45) is 0 Å². The van der Waals surface area contributed by atoms with E-state index in [0.29, 0.717) is 17.8 Å². The first-order chi connectivity index (χ1) is 9.19. The van der Waals surface area contributed by atoms with Gasteiger partial charge >= 0.3 is 0 Å². The summed E-state index contributed by atoms with van der Waals surface area (Å²) in [5.41, 5.74) is 6.93. The van der Waals surface area contributed by atoms with Crippen LogP contribution in [0.1, 0.15) is 36.6 Å². The number of nitrogens with zero attached hydrogens (tertiary/aromatic N) is 3. The molecule has 0 saturated carbocycles. The molecular formula is C14H18N4O. The Bertz CT molecular complexity index is 593. The van der Waals surface area contributed by atoms with Crippen molar-refractivity contribution in [2.45, 2.75) is 31.7 Å². The van der Waals surface area contributed by atoms with Gasteiger partial charge in [-0.2, -0.15) is 4.98 Å². The number of nitrogen functional groups attached to an aromatic ring is 1. The second-order valence-electron chi connectivity index (χ2n) is 5.09. The van der Waals surface area contributed by atoms with Crippen molar-refractivity contribution in [2.75, 3.05) is 12.8 Å². The van der Waals surface area contributed by atoms with E-state index in [1.165, 1.54) is 5.56 Å². The SMILES string of the molecule is COc1ccccc1C1CC(C)c2nc(N)nn2C1. The van der Waals surface area contributed by atoms with Crippen molar-refractivity contribution < 1.29 is 4.74 Å². The summed E-state index contributed by atoms with van der Waals surface area (Å²) < 4.78 is 7.39. The lowest BCUT2D eigenvalue weighted by molar-refractivity contribution is 0.360. The average molecular weight is 258 g/mol. The number of anilines is 1. The molecule has 1 aliphatic rings. The third-order valence-corrected chi connectivity index (χ3v) is 3.77. The van der Waals surface area contributed by atoms with Gasteiger partial charge in [0.2, 0.25) is 5.95 Å². The van der Waals surface area contributed by atoms with E-state index in [0.717, 1.165) is 24.5 Å². The van der Waals surface area contributed by atoms with Gasteiger partial charge < -0.3 is 10.5 Å². The fourth-order valence-corrected chi connectivity index (χ4v) is 2.92. The fourth-order valence-electron chi connectivity index (χ4n) is 2.92. The van der Waals surface area contributed by atoms with Crippen molar-refractivity contribution in [1.82, 2.24) is 14.8 Å². The summed E-state index contributed by atoms with van der Waals surface area (Å²) in [5.74, 6) is 3.04. The summed E-state index contributed by atoms with van der Waals surface area (Å²) in [7, 11) is 1.71. The van der Waals surface area contributed by atoms with Gasteiger partial charge in [0.1, 0.15) is 11.6 Å². The zero-order valence-electron chi connectivity index (χ0n) is 11.2. The smallest absolute Gasteiger partial charge is 0.239 e. The highest BCUT2D eigenvalue weighted by atomic mass is 16.5. The van der Waals surface area contributed by atoms with Crippen LogP contribution in [-0.4, -0.2) is 21.9 Å². The van der Waals surface area contributed by atoms with Gasteiger partial charge in [-0.3, -0.25) is 0 Å². The molecule has 2 unspecified atom stereocenters. The molecule has 5 nitrogen and oxygen atoms in total. The standard InChI is InChI=1S/C14H18N4O/c1-9-7-10(8-18-13(9)16-14(15)17-18)11-5-3-4-6-12(11)19-2/h3-6,9-10H,7-8H2,1-2H3,(H2,15,17). The first-order valence-electron chi connectivity index (χ1n) is 6.52. The molecule has 2 atom stereocenters. The molecule has 1 aromatic carbocycles. The fraction of sp³-hybridized carbons (Fsp3) is 0.429. The normalized spacial score (nSPS) is 22.0. The zero-order chi connectivity index (χ0) is 13.4. The molecule has 3 rings (SSSR count). The van der Waals surface area contributed by atoms with Crippen LogP contribution in [0, 0.1) is 0 Å². The Kier molecular flexibility index (Phi) is 2.89. The molecule has 0 bridgehead atoms. The van der Waals surface area contributed by atoms with Gasteiger partial charge in [0.25, 0.3) is 0 Å². The van der Waals surface area contributed by atoms with Crippen LogP contribution in [0.5, 0.6) is 5.75 Å². The molecule has 2 N–H and O–H groups in total. The van der Waals surface area contributed by atoms with E-state index in [1.807, 2.05) is 22.9 Å². The van der Waals surface area contributed by atoms with Gasteiger partial charge in [0, 0.05) is 11.8 Å². The van der Waals surface area contributed by atoms with Gasteiger partial charge in [0.05, 0.1) is 13.7 Å². The Labute approximate surface area is 112 Å². The third-order valence-electron chi connectivity index (χ3n) is 3.77. The lowest BCUT2D eigenvalue weighted by atomic mass is 9.86. The molecule has 1 aliphatic heterocycles. The van der Waals surface area contributed by atoms with Crippen LogP contribution in [0.25, 0.3) is 0 Å². The van der Waals surface area contributed by atoms with Crippen molar-refractivity contribution in [3.05, 3.63) is 35.7 Å². The number of rotatable bonds is 2. The minimum atomic E-state index is 0.355. The molecule has 1 aromatic heterocycles. The van der Waals surface area contributed by atoms with E-state index in [-0.39, 0.29) is 0 Å². The summed E-state index contributed by atoms with van der Waals surface area (Å²) in [6, 6.07) is 8.17. The number of hydrogen-bond acceptors (Lipinski definition) is 4. The second kappa shape index (κ2) is 4.57. The number of nitrogens with two attached hydrogens (primary N) is 1. The number of benzene rings is 1. The number of hydrogen-bond donors (Lipinski definition) is 1. The zero-order valence-corrected chi connectivity index (χ0v) is 11.2. The molecule has 19 heavy (non-hydrogen) atoms. The maximum absolute atomic E-state index is 5.69. The van der Waals surface area contributed by atoms with Gasteiger partial charge in [0.15, 0.2) is 0 Å². The Morgan fingerprint density at radius 2 is 2.16 bits per heavy atom. The van der Waals surface area contributed by atoms with Crippen molar-refractivity contribution >= 4 is 5.95 Å². The minimum absolute atomic E-state index is 0.355. The molecule has 5 heteroatoms. The van der Waals surface area contributed by atoms with E-state index in [1.54, 1.807) is 7.11 Å². The number of para-hydroxylation sites is 1. The monoisotopic (exact) mass is 258 g/mol. The number of methoxy groups -OCH3 is 1.